The van der Waals surface area contributed by atoms with Gasteiger partial charge in [-0.1, -0.05) is 29.5 Å². The summed E-state index contributed by atoms with van der Waals surface area (Å²) in [6, 6.07) is 0. The van der Waals surface area contributed by atoms with Gasteiger partial charge in [-0.2, -0.15) is 0 Å². The van der Waals surface area contributed by atoms with E-state index in [0.29, 0.717) is 5.41 Å². The number of nitrogens with zero attached hydrogens (tertiary/aromatic N) is 1. The fourth-order valence-electron chi connectivity index (χ4n) is 1.67. The van der Waals surface area contributed by atoms with E-state index in [1.807, 2.05) is 0 Å². The van der Waals surface area contributed by atoms with Gasteiger partial charge in [-0.15, -0.1) is 0 Å². The van der Waals surface area contributed by atoms with Crippen LogP contribution in [0.3, 0.4) is 0 Å². The third kappa shape index (κ3) is 2.31. The van der Waals surface area contributed by atoms with Crippen LogP contribution >= 0.6 is 22.6 Å². The summed E-state index contributed by atoms with van der Waals surface area (Å²) in [5.74, 6) is 0. The molecule has 0 aliphatic carbocycles. The number of likely N-dealkylation sites (tertiary alicyclic amines) is 1. The lowest BCUT2D eigenvalue weighted by atomic mass is 9.78. The standard InChI is InChI=1S/C9H18IN/c1-3-9(8-10)4-6-11(2)7-5-9/h3-8H2,1-2H3. The van der Waals surface area contributed by atoms with Gasteiger partial charge in [0.2, 0.25) is 0 Å². The van der Waals surface area contributed by atoms with E-state index in [0.717, 1.165) is 0 Å². The van der Waals surface area contributed by atoms with Crippen molar-refractivity contribution in [2.75, 3.05) is 24.6 Å². The highest BCUT2D eigenvalue weighted by molar-refractivity contribution is 14.1. The number of rotatable bonds is 2. The van der Waals surface area contributed by atoms with Gasteiger partial charge >= 0.3 is 0 Å². The van der Waals surface area contributed by atoms with Crippen LogP contribution < -0.4 is 0 Å². The molecule has 0 radical (unpaired) electrons. The summed E-state index contributed by atoms with van der Waals surface area (Å²) in [5.41, 5.74) is 0.688. The van der Waals surface area contributed by atoms with Crippen LogP contribution in [0.2, 0.25) is 0 Å². The Balaban J connectivity index is 2.45. The number of piperidine rings is 1. The minimum Gasteiger partial charge on any atom is -0.306 e. The van der Waals surface area contributed by atoms with E-state index in [9.17, 15) is 0 Å². The summed E-state index contributed by atoms with van der Waals surface area (Å²) in [7, 11) is 2.23. The topological polar surface area (TPSA) is 3.24 Å². The summed E-state index contributed by atoms with van der Waals surface area (Å²) < 4.78 is 1.34. The molecule has 0 N–H and O–H groups in total. The van der Waals surface area contributed by atoms with Crippen LogP contribution in [0.4, 0.5) is 0 Å². The molecule has 1 heterocycles. The van der Waals surface area contributed by atoms with Crippen molar-refractivity contribution in [2.24, 2.45) is 5.41 Å². The maximum atomic E-state index is 2.55. The second kappa shape index (κ2) is 4.08. The molecule has 0 saturated carbocycles. The molecule has 1 aliphatic heterocycles. The molecule has 1 fully saturated rings. The molecule has 2 heteroatoms. The minimum atomic E-state index is 0.688. The van der Waals surface area contributed by atoms with E-state index in [4.69, 9.17) is 0 Å². The van der Waals surface area contributed by atoms with Crippen molar-refractivity contribution in [3.05, 3.63) is 0 Å². The molecule has 0 spiro atoms. The Morgan fingerprint density at radius 2 is 1.91 bits per heavy atom. The summed E-state index contributed by atoms with van der Waals surface area (Å²) in [6.45, 7) is 4.94. The van der Waals surface area contributed by atoms with Gasteiger partial charge in [-0.25, -0.2) is 0 Å². The normalized spacial score (nSPS) is 25.4. The Morgan fingerprint density at radius 1 is 1.36 bits per heavy atom. The largest absolute Gasteiger partial charge is 0.306 e. The van der Waals surface area contributed by atoms with Gasteiger partial charge in [-0.05, 0) is 44.8 Å². The average molecular weight is 267 g/mol. The van der Waals surface area contributed by atoms with E-state index in [1.54, 1.807) is 0 Å². The van der Waals surface area contributed by atoms with Gasteiger partial charge in [0.05, 0.1) is 0 Å². The van der Waals surface area contributed by atoms with Crippen molar-refractivity contribution < 1.29 is 0 Å². The van der Waals surface area contributed by atoms with Gasteiger partial charge in [-0.3, -0.25) is 0 Å². The molecule has 0 aromatic rings. The lowest BCUT2D eigenvalue weighted by molar-refractivity contribution is 0.142. The number of halogens is 1. The van der Waals surface area contributed by atoms with E-state index in [2.05, 4.69) is 41.5 Å². The third-order valence-corrected chi connectivity index (χ3v) is 4.70. The number of alkyl halides is 1. The molecule has 1 nitrogen and oxygen atoms in total. The zero-order chi connectivity index (χ0) is 8.32. The second-order valence-corrected chi connectivity index (χ2v) is 4.55. The predicted octanol–water partition coefficient (Wildman–Crippen LogP) is 2.54. The number of hydrogen-bond acceptors (Lipinski definition) is 1. The van der Waals surface area contributed by atoms with Gasteiger partial charge in [0.1, 0.15) is 0 Å². The van der Waals surface area contributed by atoms with Crippen molar-refractivity contribution >= 4 is 22.6 Å². The molecule has 1 rings (SSSR count). The first-order valence-electron chi connectivity index (χ1n) is 4.47. The van der Waals surface area contributed by atoms with Crippen molar-refractivity contribution in [3.8, 4) is 0 Å². The SMILES string of the molecule is CCC1(CI)CCN(C)CC1. The monoisotopic (exact) mass is 267 g/mol. The van der Waals surface area contributed by atoms with E-state index < -0.39 is 0 Å². The summed E-state index contributed by atoms with van der Waals surface area (Å²) in [5, 5.41) is 0. The fraction of sp³-hybridized carbons (Fsp3) is 1.00. The molecule has 11 heavy (non-hydrogen) atoms. The Labute approximate surface area is 83.7 Å². The maximum absolute atomic E-state index is 2.55. The predicted molar refractivity (Wildman–Crippen MR) is 58.3 cm³/mol. The lowest BCUT2D eigenvalue weighted by Crippen LogP contribution is -2.38. The highest BCUT2D eigenvalue weighted by Crippen LogP contribution is 2.36. The summed E-state index contributed by atoms with van der Waals surface area (Å²) in [4.78, 5) is 2.44. The van der Waals surface area contributed by atoms with Crippen molar-refractivity contribution in [1.82, 2.24) is 4.90 Å². The second-order valence-electron chi connectivity index (χ2n) is 3.79. The molecule has 0 aromatic carbocycles. The maximum Gasteiger partial charge on any atom is 0.00528 e. The van der Waals surface area contributed by atoms with E-state index in [-0.39, 0.29) is 0 Å². The molecule has 66 valence electrons. The lowest BCUT2D eigenvalue weighted by Gasteiger charge is -2.38. The molecule has 1 aliphatic rings. The Hall–Kier alpha value is 0.690. The smallest absolute Gasteiger partial charge is 0.00528 e. The zero-order valence-electron chi connectivity index (χ0n) is 7.57. The Kier molecular flexibility index (Phi) is 3.62. The van der Waals surface area contributed by atoms with Crippen molar-refractivity contribution in [2.45, 2.75) is 26.2 Å². The third-order valence-electron chi connectivity index (χ3n) is 3.08. The highest BCUT2D eigenvalue weighted by atomic mass is 127. The highest BCUT2D eigenvalue weighted by Gasteiger charge is 2.30. The molecule has 0 atom stereocenters. The molecular formula is C9H18IN. The van der Waals surface area contributed by atoms with Crippen molar-refractivity contribution in [1.29, 1.82) is 0 Å². The molecule has 0 amide bonds. The molecule has 0 unspecified atom stereocenters. The first-order chi connectivity index (χ1) is 5.22. The summed E-state index contributed by atoms with van der Waals surface area (Å²) in [6.07, 6.45) is 4.18. The van der Waals surface area contributed by atoms with Crippen LogP contribution in [-0.4, -0.2) is 29.5 Å². The average Bonchev–Trinajstić information content (AvgIpc) is 2.07. The zero-order valence-corrected chi connectivity index (χ0v) is 9.73. The first kappa shape index (κ1) is 9.78. The van der Waals surface area contributed by atoms with Gasteiger partial charge < -0.3 is 4.90 Å². The number of hydrogen-bond donors (Lipinski definition) is 0. The van der Waals surface area contributed by atoms with Crippen LogP contribution in [0.5, 0.6) is 0 Å². The Bertz CT molecular complexity index is 111. The fourth-order valence-corrected chi connectivity index (χ4v) is 2.98. The molecule has 0 bridgehead atoms. The van der Waals surface area contributed by atoms with Crippen LogP contribution in [0.15, 0.2) is 0 Å². The molecular weight excluding hydrogens is 249 g/mol. The summed E-state index contributed by atoms with van der Waals surface area (Å²) >= 11 is 2.55. The quantitative estimate of drug-likeness (QED) is 0.549. The van der Waals surface area contributed by atoms with Crippen LogP contribution in [0.25, 0.3) is 0 Å². The van der Waals surface area contributed by atoms with Crippen LogP contribution in [0.1, 0.15) is 26.2 Å². The van der Waals surface area contributed by atoms with Gasteiger partial charge in [0.15, 0.2) is 0 Å². The van der Waals surface area contributed by atoms with Gasteiger partial charge in [0.25, 0.3) is 0 Å². The first-order valence-corrected chi connectivity index (χ1v) is 5.99. The van der Waals surface area contributed by atoms with Crippen LogP contribution in [0, 0.1) is 5.41 Å². The van der Waals surface area contributed by atoms with Crippen LogP contribution in [-0.2, 0) is 0 Å². The van der Waals surface area contributed by atoms with E-state index in [1.165, 1.54) is 36.8 Å². The van der Waals surface area contributed by atoms with Crippen molar-refractivity contribution in [3.63, 3.8) is 0 Å². The Morgan fingerprint density at radius 3 is 2.27 bits per heavy atom. The molecule has 0 aromatic heterocycles. The minimum absolute atomic E-state index is 0.688. The van der Waals surface area contributed by atoms with Gasteiger partial charge in [0, 0.05) is 4.43 Å². The molecule has 1 saturated heterocycles. The van der Waals surface area contributed by atoms with E-state index >= 15 is 0 Å².